The van der Waals surface area contributed by atoms with Crippen molar-refractivity contribution in [1.29, 1.82) is 0 Å². The van der Waals surface area contributed by atoms with E-state index in [0.717, 1.165) is 5.56 Å². The van der Waals surface area contributed by atoms with Gasteiger partial charge in [0.1, 0.15) is 5.69 Å². The van der Waals surface area contributed by atoms with Crippen molar-refractivity contribution in [3.63, 3.8) is 0 Å². The van der Waals surface area contributed by atoms with E-state index in [2.05, 4.69) is 5.32 Å². The second kappa shape index (κ2) is 6.66. The van der Waals surface area contributed by atoms with Gasteiger partial charge in [0, 0.05) is 25.3 Å². The van der Waals surface area contributed by atoms with Crippen LogP contribution in [0.1, 0.15) is 18.5 Å². The fraction of sp³-hybridized carbons (Fsp3) is 0.250. The Morgan fingerprint density at radius 1 is 1.32 bits per heavy atom. The van der Waals surface area contributed by atoms with E-state index < -0.39 is 0 Å². The van der Waals surface area contributed by atoms with E-state index in [1.807, 2.05) is 25.1 Å². The summed E-state index contributed by atoms with van der Waals surface area (Å²) in [6, 6.07) is 10.1. The Morgan fingerprint density at radius 2 is 2.05 bits per heavy atom. The van der Waals surface area contributed by atoms with E-state index in [-0.39, 0.29) is 23.3 Å². The van der Waals surface area contributed by atoms with Crippen LogP contribution in [0.25, 0.3) is 0 Å². The quantitative estimate of drug-likeness (QED) is 0.944. The Kier molecular flexibility index (Phi) is 4.88. The Labute approximate surface area is 134 Å². The van der Waals surface area contributed by atoms with E-state index in [1.165, 1.54) is 9.47 Å². The van der Waals surface area contributed by atoms with Crippen LogP contribution < -0.4 is 10.9 Å². The van der Waals surface area contributed by atoms with Crippen LogP contribution in [-0.2, 0) is 7.05 Å². The normalized spacial score (nSPS) is 11.8. The molecule has 1 atom stereocenters. The summed E-state index contributed by atoms with van der Waals surface area (Å²) in [6.07, 6.45) is 1.64. The van der Waals surface area contributed by atoms with Crippen LogP contribution in [0.4, 0.5) is 10.5 Å². The molecule has 0 saturated heterocycles. The molecule has 2 aromatic rings. The van der Waals surface area contributed by atoms with Crippen molar-refractivity contribution in [3.8, 4) is 0 Å². The Bertz CT molecular complexity index is 742. The zero-order valence-corrected chi connectivity index (χ0v) is 13.5. The van der Waals surface area contributed by atoms with Crippen LogP contribution in [0.3, 0.4) is 0 Å². The second-order valence-electron chi connectivity index (χ2n) is 5.11. The highest BCUT2D eigenvalue weighted by atomic mass is 35.5. The molecule has 0 spiro atoms. The minimum Gasteiger partial charge on any atom is -0.321 e. The third-order valence-electron chi connectivity index (χ3n) is 3.60. The van der Waals surface area contributed by atoms with Gasteiger partial charge in [-0.15, -0.1) is 0 Å². The molecular formula is C16H18ClN3O2. The van der Waals surface area contributed by atoms with Gasteiger partial charge in [0.05, 0.1) is 6.04 Å². The molecule has 0 aliphatic carbocycles. The van der Waals surface area contributed by atoms with E-state index in [0.29, 0.717) is 5.02 Å². The molecule has 1 heterocycles. The summed E-state index contributed by atoms with van der Waals surface area (Å²) in [5.74, 6) is 0. The number of nitrogens with zero attached hydrogens (tertiary/aromatic N) is 2. The number of carbonyl (C=O) groups excluding carboxylic acids is 1. The minimum atomic E-state index is -0.351. The number of aromatic nitrogens is 1. The van der Waals surface area contributed by atoms with Gasteiger partial charge in [-0.25, -0.2) is 4.79 Å². The molecule has 0 saturated carbocycles. The summed E-state index contributed by atoms with van der Waals surface area (Å²) in [5, 5.41) is 3.26. The molecule has 1 N–H and O–H groups in total. The molecule has 2 rings (SSSR count). The third kappa shape index (κ3) is 3.49. The summed E-state index contributed by atoms with van der Waals surface area (Å²) in [4.78, 5) is 25.8. The minimum absolute atomic E-state index is 0.175. The van der Waals surface area contributed by atoms with Crippen molar-refractivity contribution < 1.29 is 4.79 Å². The van der Waals surface area contributed by atoms with Crippen molar-refractivity contribution in [2.75, 3.05) is 12.4 Å². The average molecular weight is 320 g/mol. The maximum Gasteiger partial charge on any atom is 0.322 e. The molecule has 22 heavy (non-hydrogen) atoms. The number of aryl methyl sites for hydroxylation is 1. The van der Waals surface area contributed by atoms with Crippen LogP contribution in [0.5, 0.6) is 0 Å². The number of pyridine rings is 1. The lowest BCUT2D eigenvalue weighted by Crippen LogP contribution is -2.35. The lowest BCUT2D eigenvalue weighted by Gasteiger charge is -2.25. The van der Waals surface area contributed by atoms with E-state index in [4.69, 9.17) is 11.6 Å². The van der Waals surface area contributed by atoms with Crippen LogP contribution in [0, 0.1) is 0 Å². The van der Waals surface area contributed by atoms with E-state index in [9.17, 15) is 9.59 Å². The first-order valence-electron chi connectivity index (χ1n) is 6.85. The summed E-state index contributed by atoms with van der Waals surface area (Å²) >= 11 is 5.98. The van der Waals surface area contributed by atoms with Gasteiger partial charge in [-0.2, -0.15) is 0 Å². The highest BCUT2D eigenvalue weighted by Crippen LogP contribution is 2.22. The molecule has 5 nitrogen and oxygen atoms in total. The molecule has 0 aliphatic heterocycles. The van der Waals surface area contributed by atoms with Crippen LogP contribution in [0.15, 0.2) is 47.4 Å². The molecule has 2 amide bonds. The largest absolute Gasteiger partial charge is 0.322 e. The summed E-state index contributed by atoms with van der Waals surface area (Å²) in [5.41, 5.74) is 0.922. The fourth-order valence-corrected chi connectivity index (χ4v) is 2.26. The van der Waals surface area contributed by atoms with Gasteiger partial charge >= 0.3 is 6.03 Å². The SMILES string of the molecule is C[C@H](c1cccc(Cl)c1)N(C)C(=O)Nc1cccn(C)c1=O. The number of hydrogen-bond acceptors (Lipinski definition) is 2. The van der Waals surface area contributed by atoms with Gasteiger partial charge in [-0.1, -0.05) is 23.7 Å². The van der Waals surface area contributed by atoms with Gasteiger partial charge in [0.15, 0.2) is 0 Å². The van der Waals surface area contributed by atoms with Crippen molar-refractivity contribution in [2.45, 2.75) is 13.0 Å². The van der Waals surface area contributed by atoms with Crippen LogP contribution in [-0.4, -0.2) is 22.5 Å². The molecule has 0 aliphatic rings. The number of nitrogens with one attached hydrogen (secondary N) is 1. The molecule has 0 radical (unpaired) electrons. The van der Waals surface area contributed by atoms with E-state index >= 15 is 0 Å². The predicted molar refractivity (Wildman–Crippen MR) is 88.3 cm³/mol. The molecule has 116 valence electrons. The molecular weight excluding hydrogens is 302 g/mol. The molecule has 1 aromatic heterocycles. The second-order valence-corrected chi connectivity index (χ2v) is 5.55. The Morgan fingerprint density at radius 3 is 2.73 bits per heavy atom. The Hall–Kier alpha value is -2.27. The summed E-state index contributed by atoms with van der Waals surface area (Å²) < 4.78 is 1.41. The number of anilines is 1. The smallest absolute Gasteiger partial charge is 0.321 e. The molecule has 0 unspecified atom stereocenters. The first-order chi connectivity index (χ1) is 10.4. The zero-order chi connectivity index (χ0) is 16.3. The molecule has 0 bridgehead atoms. The standard InChI is InChI=1S/C16H18ClN3O2/c1-11(12-6-4-7-13(17)10-12)20(3)16(22)18-14-8-5-9-19(2)15(14)21/h4-11H,1-3H3,(H,18,22)/t11-/m1/s1. The first kappa shape index (κ1) is 16.1. The monoisotopic (exact) mass is 319 g/mol. The Balaban J connectivity index is 2.15. The van der Waals surface area contributed by atoms with Crippen LogP contribution >= 0.6 is 11.6 Å². The summed E-state index contributed by atoms with van der Waals surface area (Å²) in [6.45, 7) is 1.90. The topological polar surface area (TPSA) is 54.3 Å². The number of amides is 2. The predicted octanol–water partition coefficient (Wildman–Crippen LogP) is 3.26. The van der Waals surface area contributed by atoms with Gasteiger partial charge < -0.3 is 14.8 Å². The van der Waals surface area contributed by atoms with Crippen molar-refractivity contribution in [3.05, 3.63) is 63.5 Å². The van der Waals surface area contributed by atoms with Crippen molar-refractivity contribution in [2.24, 2.45) is 7.05 Å². The number of carbonyl (C=O) groups is 1. The average Bonchev–Trinajstić information content (AvgIpc) is 2.50. The van der Waals surface area contributed by atoms with Gasteiger partial charge in [-0.05, 0) is 36.8 Å². The van der Waals surface area contributed by atoms with Crippen molar-refractivity contribution >= 4 is 23.3 Å². The summed E-state index contributed by atoms with van der Waals surface area (Å²) in [7, 11) is 3.31. The number of benzene rings is 1. The first-order valence-corrected chi connectivity index (χ1v) is 7.23. The van der Waals surface area contributed by atoms with Gasteiger partial charge in [0.25, 0.3) is 5.56 Å². The third-order valence-corrected chi connectivity index (χ3v) is 3.83. The molecule has 0 fully saturated rings. The lowest BCUT2D eigenvalue weighted by molar-refractivity contribution is 0.208. The number of halogens is 1. The fourth-order valence-electron chi connectivity index (χ4n) is 2.06. The lowest BCUT2D eigenvalue weighted by atomic mass is 10.1. The number of hydrogen-bond donors (Lipinski definition) is 1. The maximum absolute atomic E-state index is 12.3. The van der Waals surface area contributed by atoms with Gasteiger partial charge in [0.2, 0.25) is 0 Å². The molecule has 1 aromatic carbocycles. The zero-order valence-electron chi connectivity index (χ0n) is 12.7. The van der Waals surface area contributed by atoms with Gasteiger partial charge in [-0.3, -0.25) is 4.79 Å². The molecule has 6 heteroatoms. The number of urea groups is 1. The van der Waals surface area contributed by atoms with Crippen molar-refractivity contribution in [1.82, 2.24) is 9.47 Å². The number of rotatable bonds is 3. The van der Waals surface area contributed by atoms with Crippen LogP contribution in [0.2, 0.25) is 5.02 Å². The highest BCUT2D eigenvalue weighted by molar-refractivity contribution is 6.30. The van der Waals surface area contributed by atoms with E-state index in [1.54, 1.807) is 38.5 Å². The maximum atomic E-state index is 12.3. The highest BCUT2D eigenvalue weighted by Gasteiger charge is 2.18.